The maximum Gasteiger partial charge on any atom is 0.189 e. The van der Waals surface area contributed by atoms with E-state index in [4.69, 9.17) is 29.7 Å². The van der Waals surface area contributed by atoms with Gasteiger partial charge in [0.05, 0.1) is 34.2 Å². The summed E-state index contributed by atoms with van der Waals surface area (Å²) < 4.78 is 19.3. The molecule has 0 N–H and O–H groups in total. The van der Waals surface area contributed by atoms with Crippen molar-refractivity contribution in [3.63, 3.8) is 0 Å². The van der Waals surface area contributed by atoms with E-state index >= 15 is 0 Å². The van der Waals surface area contributed by atoms with Crippen LogP contribution in [0.5, 0.6) is 0 Å². The zero-order chi connectivity index (χ0) is 38.1. The minimum atomic E-state index is -1.36. The predicted octanol–water partition coefficient (Wildman–Crippen LogP) is 9.39. The third-order valence-corrected chi connectivity index (χ3v) is 14.5. The Balaban J connectivity index is 1.39. The molecule has 0 aliphatic heterocycles. The lowest BCUT2D eigenvalue weighted by Crippen LogP contribution is -2.20. The average molecular weight is 781 g/mol. The fourth-order valence-corrected chi connectivity index (χ4v) is 11.2. The first-order chi connectivity index (χ1) is 27.7. The van der Waals surface area contributed by atoms with Crippen LogP contribution in [0.1, 0.15) is 88.0 Å². The number of fused-ring (bicyclic) bond motifs is 2. The van der Waals surface area contributed by atoms with Gasteiger partial charge in [-0.1, -0.05) is 157 Å². The maximum atomic E-state index is 7.62. The van der Waals surface area contributed by atoms with Crippen molar-refractivity contribution in [3.05, 3.63) is 156 Å². The number of hydrogen-bond acceptors (Lipinski definition) is 6. The number of benzene rings is 4. The summed E-state index contributed by atoms with van der Waals surface area (Å²) in [6, 6.07) is 42.2. The number of aryl methyl sites for hydroxylation is 2. The van der Waals surface area contributed by atoms with Crippen molar-refractivity contribution in [2.24, 2.45) is 0 Å². The summed E-state index contributed by atoms with van der Waals surface area (Å²) in [5.41, 5.74) is 6.15. The Bertz CT molecular complexity index is 2010. The Labute approximate surface area is 333 Å². The number of hydrogen-bond donors (Lipinski definition) is 0. The molecule has 8 rings (SSSR count). The van der Waals surface area contributed by atoms with Gasteiger partial charge in [0.2, 0.25) is 0 Å². The van der Waals surface area contributed by atoms with Crippen LogP contribution in [0.2, 0.25) is 0 Å². The summed E-state index contributed by atoms with van der Waals surface area (Å²) in [7, 11) is -2.71. The van der Waals surface area contributed by atoms with Gasteiger partial charge in [-0.15, -0.1) is 10.2 Å². The van der Waals surface area contributed by atoms with Gasteiger partial charge in [0, 0.05) is 21.2 Å². The van der Waals surface area contributed by atoms with Crippen LogP contribution in [0.25, 0.3) is 11.4 Å². The highest BCUT2D eigenvalue weighted by molar-refractivity contribution is 7.69. The molecular weight excluding hydrogens is 730 g/mol. The molecule has 286 valence electrons. The molecule has 6 aromatic rings. The first-order valence-corrected chi connectivity index (χ1v) is 22.6. The molecule has 8 nitrogen and oxygen atoms in total. The van der Waals surface area contributed by atoms with E-state index in [1.807, 2.05) is 9.36 Å². The molecule has 0 radical (unpaired) electrons. The molecule has 2 aromatic heterocycles. The van der Waals surface area contributed by atoms with Crippen LogP contribution in [0.3, 0.4) is 0 Å². The lowest BCUT2D eigenvalue weighted by Gasteiger charge is -2.28. The summed E-state index contributed by atoms with van der Waals surface area (Å²) >= 11 is 0. The van der Waals surface area contributed by atoms with E-state index in [9.17, 15) is 0 Å². The lowest BCUT2D eigenvalue weighted by atomic mass is 10.0. The maximum absolute atomic E-state index is 7.62. The highest BCUT2D eigenvalue weighted by Gasteiger charge is 2.31. The van der Waals surface area contributed by atoms with E-state index in [1.54, 1.807) is 0 Å². The molecule has 0 saturated carbocycles. The van der Waals surface area contributed by atoms with Crippen LogP contribution in [-0.4, -0.2) is 30.0 Å². The number of allylic oxidation sites excluding steroid dienone is 2. The number of nitrogens with zero attached hydrogens (tertiary/aromatic N) is 6. The van der Waals surface area contributed by atoms with Crippen molar-refractivity contribution < 1.29 is 9.05 Å². The van der Waals surface area contributed by atoms with E-state index in [-0.39, 0.29) is 0 Å². The minimum Gasteiger partial charge on any atom is -0.459 e. The van der Waals surface area contributed by atoms with Crippen LogP contribution < -0.4 is 21.2 Å². The molecule has 0 unspecified atom stereocenters. The van der Waals surface area contributed by atoms with Gasteiger partial charge in [-0.25, -0.2) is 9.36 Å². The van der Waals surface area contributed by atoms with E-state index in [0.29, 0.717) is 11.5 Å². The predicted molar refractivity (Wildman–Crippen MR) is 230 cm³/mol. The molecule has 0 spiro atoms. The summed E-state index contributed by atoms with van der Waals surface area (Å²) in [5, 5.41) is 23.7. The van der Waals surface area contributed by atoms with Gasteiger partial charge >= 0.3 is 0 Å². The molecule has 10 heteroatoms. The smallest absolute Gasteiger partial charge is 0.189 e. The van der Waals surface area contributed by atoms with Crippen LogP contribution in [0, 0.1) is 0 Å². The van der Waals surface area contributed by atoms with Crippen molar-refractivity contribution in [3.8, 4) is 0 Å². The second-order valence-electron chi connectivity index (χ2n) is 14.6. The first kappa shape index (κ1) is 38.0. The second kappa shape index (κ2) is 18.4. The zero-order valence-electron chi connectivity index (χ0n) is 32.4. The monoisotopic (exact) mass is 780 g/mol. The van der Waals surface area contributed by atoms with E-state index in [0.717, 1.165) is 107 Å². The third kappa shape index (κ3) is 8.57. The first-order valence-electron chi connectivity index (χ1n) is 20.1. The molecule has 0 fully saturated rings. The van der Waals surface area contributed by atoms with Crippen LogP contribution in [-0.2, 0) is 34.7 Å². The number of aromatic nitrogens is 6. The van der Waals surface area contributed by atoms with E-state index in [2.05, 4.69) is 135 Å². The Kier molecular flexibility index (Phi) is 12.5. The largest absolute Gasteiger partial charge is 0.459 e. The average Bonchev–Trinajstić information content (AvgIpc) is 3.82. The summed E-state index contributed by atoms with van der Waals surface area (Å²) in [6.07, 6.45) is 13.0. The van der Waals surface area contributed by atoms with E-state index in [1.165, 1.54) is 25.7 Å². The molecule has 0 saturated heterocycles. The van der Waals surface area contributed by atoms with Crippen LogP contribution >= 0.6 is 16.3 Å². The van der Waals surface area contributed by atoms with Crippen molar-refractivity contribution >= 4 is 48.9 Å². The van der Waals surface area contributed by atoms with Crippen LogP contribution in [0.4, 0.5) is 0 Å². The SMILES string of the molecule is C/C(=C(OP(c1ccccc1)c1ccccc1)/C(OP(c1ccccc1)c1ccccc1)=C(/C)n1nnc2c1CCCCCC2)n1nnc2c1CCCCCC2. The van der Waals surface area contributed by atoms with Crippen LogP contribution in [0.15, 0.2) is 133 Å². The molecule has 4 aromatic carbocycles. The second-order valence-corrected chi connectivity index (χ2v) is 18.2. The molecule has 0 bridgehead atoms. The summed E-state index contributed by atoms with van der Waals surface area (Å²) in [6.45, 7) is 4.23. The Morgan fingerprint density at radius 3 is 1.05 bits per heavy atom. The Morgan fingerprint density at radius 2 is 0.732 bits per heavy atom. The van der Waals surface area contributed by atoms with Gasteiger partial charge in [0.15, 0.2) is 27.8 Å². The van der Waals surface area contributed by atoms with Gasteiger partial charge in [-0.05, 0) is 65.2 Å². The van der Waals surface area contributed by atoms with Gasteiger partial charge in [-0.3, -0.25) is 0 Å². The topological polar surface area (TPSA) is 79.9 Å². The minimum absolute atomic E-state index is 0.630. The Hall–Kier alpha value is -4.90. The fraction of sp³-hybridized carbons (Fsp3) is 0.304. The summed E-state index contributed by atoms with van der Waals surface area (Å²) in [5.74, 6) is 1.26. The highest BCUT2D eigenvalue weighted by Crippen LogP contribution is 2.47. The molecular formula is C46H50N6O2P2. The third-order valence-electron chi connectivity index (χ3n) is 10.7. The quantitative estimate of drug-likeness (QED) is 0.0741. The molecule has 0 amide bonds. The molecule has 0 atom stereocenters. The van der Waals surface area contributed by atoms with Gasteiger partial charge in [0.25, 0.3) is 0 Å². The lowest BCUT2D eigenvalue weighted by molar-refractivity contribution is 0.394. The number of rotatable bonds is 11. The normalized spacial score (nSPS) is 15.7. The standard InChI is InChI=1S/C46H50N6O2P2/c1-35(51-43-33-21-5-3-19-31-41(43)47-49-51)45(53-55(37-23-11-7-12-24-37)38-25-13-8-14-26-38)46(36(2)52-44-34-22-6-4-20-32-42(44)48-50-52)54-56(39-27-15-9-16-28-39)40-29-17-10-18-30-40/h7-18,23-30H,3-6,19-22,31-34H2,1-2H3/b45-35+,46-36+. The molecule has 2 aliphatic rings. The highest BCUT2D eigenvalue weighted by atomic mass is 31.1. The van der Waals surface area contributed by atoms with Crippen molar-refractivity contribution in [2.45, 2.75) is 90.9 Å². The summed E-state index contributed by atoms with van der Waals surface area (Å²) in [4.78, 5) is 0. The van der Waals surface area contributed by atoms with Crippen molar-refractivity contribution in [1.82, 2.24) is 30.0 Å². The van der Waals surface area contributed by atoms with Crippen molar-refractivity contribution in [2.75, 3.05) is 0 Å². The van der Waals surface area contributed by atoms with E-state index < -0.39 is 16.3 Å². The van der Waals surface area contributed by atoms with Crippen molar-refractivity contribution in [1.29, 1.82) is 0 Å². The van der Waals surface area contributed by atoms with Gasteiger partial charge in [0.1, 0.15) is 0 Å². The molecule has 2 aliphatic carbocycles. The molecule has 56 heavy (non-hydrogen) atoms. The zero-order valence-corrected chi connectivity index (χ0v) is 34.2. The van der Waals surface area contributed by atoms with Gasteiger partial charge < -0.3 is 9.05 Å². The van der Waals surface area contributed by atoms with Gasteiger partial charge in [-0.2, -0.15) is 0 Å². The fourth-order valence-electron chi connectivity index (χ4n) is 7.65. The Morgan fingerprint density at radius 1 is 0.429 bits per heavy atom. The molecule has 2 heterocycles.